The Balaban J connectivity index is 1.42. The zero-order chi connectivity index (χ0) is 22.9. The predicted octanol–water partition coefficient (Wildman–Crippen LogP) is 4.44. The second-order valence-electron chi connectivity index (χ2n) is 8.95. The van der Waals surface area contributed by atoms with Crippen molar-refractivity contribution in [1.29, 1.82) is 0 Å². The SMILES string of the molecule is COC1Cc2cc(Cl)ccc2[C@H]([C@H]2O[C@@H](n3ccc4c(Cl)ncnc43)[C@@H]3OC(C)(C)O[C@@H]32)O1. The van der Waals surface area contributed by atoms with Crippen LogP contribution in [0.1, 0.15) is 37.3 Å². The summed E-state index contributed by atoms with van der Waals surface area (Å²) in [5, 5.41) is 1.80. The van der Waals surface area contributed by atoms with Crippen LogP contribution in [0.4, 0.5) is 0 Å². The van der Waals surface area contributed by atoms with Crippen molar-refractivity contribution in [2.24, 2.45) is 0 Å². The van der Waals surface area contributed by atoms with Crippen LogP contribution in [0.5, 0.6) is 0 Å². The van der Waals surface area contributed by atoms with E-state index in [9.17, 15) is 0 Å². The minimum absolute atomic E-state index is 0.371. The maximum absolute atomic E-state index is 6.63. The van der Waals surface area contributed by atoms with Crippen LogP contribution in [-0.4, -0.2) is 52.0 Å². The number of fused-ring (bicyclic) bond motifs is 3. The van der Waals surface area contributed by atoms with Crippen molar-refractivity contribution in [3.63, 3.8) is 0 Å². The third-order valence-corrected chi connectivity index (χ3v) is 6.99. The van der Waals surface area contributed by atoms with Gasteiger partial charge in [0, 0.05) is 24.8 Å². The molecule has 0 aliphatic carbocycles. The van der Waals surface area contributed by atoms with Crippen LogP contribution in [0.2, 0.25) is 10.2 Å². The molecule has 3 aromatic rings. The molecule has 10 heteroatoms. The first-order valence-corrected chi connectivity index (χ1v) is 11.5. The zero-order valence-corrected chi connectivity index (χ0v) is 19.8. The minimum atomic E-state index is -0.774. The molecule has 2 aromatic heterocycles. The Bertz CT molecular complexity index is 1220. The number of benzene rings is 1. The molecule has 33 heavy (non-hydrogen) atoms. The van der Waals surface area contributed by atoms with Crippen molar-refractivity contribution in [3.8, 4) is 0 Å². The normalized spacial score (nSPS) is 32.8. The second kappa shape index (κ2) is 7.88. The monoisotopic (exact) mass is 491 g/mol. The van der Waals surface area contributed by atoms with E-state index in [1.807, 2.05) is 48.9 Å². The number of rotatable bonds is 3. The summed E-state index contributed by atoms with van der Waals surface area (Å²) in [7, 11) is 1.63. The van der Waals surface area contributed by atoms with E-state index in [-0.39, 0.29) is 12.2 Å². The van der Waals surface area contributed by atoms with Crippen molar-refractivity contribution < 1.29 is 23.7 Å². The number of ether oxygens (including phenoxy) is 5. The summed E-state index contributed by atoms with van der Waals surface area (Å²) in [6, 6.07) is 7.68. The quantitative estimate of drug-likeness (QED) is 0.501. The Labute approximate surface area is 200 Å². The van der Waals surface area contributed by atoms with Gasteiger partial charge in [-0.25, -0.2) is 9.97 Å². The zero-order valence-electron chi connectivity index (χ0n) is 18.3. The van der Waals surface area contributed by atoms with E-state index in [1.165, 1.54) is 6.33 Å². The minimum Gasteiger partial charge on any atom is -0.356 e. The molecule has 5 heterocycles. The van der Waals surface area contributed by atoms with E-state index < -0.39 is 30.5 Å². The highest BCUT2D eigenvalue weighted by Gasteiger charge is 2.59. The Kier molecular flexibility index (Phi) is 5.19. The molecular weight excluding hydrogens is 469 g/mol. The Morgan fingerprint density at radius 2 is 1.88 bits per heavy atom. The molecule has 2 saturated heterocycles. The van der Waals surface area contributed by atoms with E-state index >= 15 is 0 Å². The van der Waals surface area contributed by atoms with Gasteiger partial charge in [0.2, 0.25) is 0 Å². The summed E-state index contributed by atoms with van der Waals surface area (Å²) in [6.07, 6.45) is 1.39. The van der Waals surface area contributed by atoms with Gasteiger partial charge in [-0.2, -0.15) is 0 Å². The number of hydrogen-bond donors (Lipinski definition) is 0. The highest BCUT2D eigenvalue weighted by Crippen LogP contribution is 2.49. The Hall–Kier alpha value is -1.78. The summed E-state index contributed by atoms with van der Waals surface area (Å²) in [5.41, 5.74) is 2.74. The summed E-state index contributed by atoms with van der Waals surface area (Å²) in [4.78, 5) is 8.51. The van der Waals surface area contributed by atoms with Gasteiger partial charge in [0.15, 0.2) is 18.3 Å². The van der Waals surface area contributed by atoms with Gasteiger partial charge in [0.1, 0.15) is 41.5 Å². The number of halogens is 2. The lowest BCUT2D eigenvalue weighted by molar-refractivity contribution is -0.237. The van der Waals surface area contributed by atoms with Crippen LogP contribution in [0.3, 0.4) is 0 Å². The van der Waals surface area contributed by atoms with E-state index in [0.717, 1.165) is 16.5 Å². The van der Waals surface area contributed by atoms with Crippen molar-refractivity contribution >= 4 is 34.2 Å². The number of aromatic nitrogens is 3. The molecular formula is C23H23Cl2N3O5. The van der Waals surface area contributed by atoms with Crippen LogP contribution >= 0.6 is 23.2 Å². The lowest BCUT2D eigenvalue weighted by Gasteiger charge is -2.36. The number of nitrogens with zero attached hydrogens (tertiary/aromatic N) is 3. The Morgan fingerprint density at radius 1 is 1.06 bits per heavy atom. The lowest BCUT2D eigenvalue weighted by Crippen LogP contribution is -2.40. The molecule has 1 aromatic carbocycles. The molecule has 2 fully saturated rings. The summed E-state index contributed by atoms with van der Waals surface area (Å²) >= 11 is 12.6. The first-order valence-electron chi connectivity index (χ1n) is 10.8. The molecule has 0 bridgehead atoms. The van der Waals surface area contributed by atoms with E-state index in [0.29, 0.717) is 22.2 Å². The van der Waals surface area contributed by atoms with Crippen LogP contribution in [-0.2, 0) is 30.1 Å². The van der Waals surface area contributed by atoms with E-state index in [4.69, 9.17) is 46.9 Å². The van der Waals surface area contributed by atoms with E-state index in [1.54, 1.807) is 7.11 Å². The highest BCUT2D eigenvalue weighted by atomic mass is 35.5. The highest BCUT2D eigenvalue weighted by molar-refractivity contribution is 6.33. The molecule has 8 nitrogen and oxygen atoms in total. The van der Waals surface area contributed by atoms with Gasteiger partial charge >= 0.3 is 0 Å². The van der Waals surface area contributed by atoms with Gasteiger partial charge in [-0.1, -0.05) is 29.3 Å². The maximum Gasteiger partial charge on any atom is 0.164 e. The molecule has 0 saturated carbocycles. The van der Waals surface area contributed by atoms with Crippen molar-refractivity contribution in [3.05, 3.63) is 58.1 Å². The molecule has 0 amide bonds. The van der Waals surface area contributed by atoms with Gasteiger partial charge in [0.25, 0.3) is 0 Å². The first-order chi connectivity index (χ1) is 15.8. The van der Waals surface area contributed by atoms with Gasteiger partial charge in [-0.3, -0.25) is 0 Å². The molecule has 6 rings (SSSR count). The first kappa shape index (κ1) is 21.7. The van der Waals surface area contributed by atoms with Gasteiger partial charge in [-0.15, -0.1) is 0 Å². The van der Waals surface area contributed by atoms with Crippen LogP contribution < -0.4 is 0 Å². The molecule has 174 valence electrons. The van der Waals surface area contributed by atoms with Crippen molar-refractivity contribution in [2.45, 2.75) is 63.0 Å². The molecule has 1 unspecified atom stereocenters. The predicted molar refractivity (Wildman–Crippen MR) is 120 cm³/mol. The van der Waals surface area contributed by atoms with Gasteiger partial charge < -0.3 is 28.3 Å². The number of methoxy groups -OCH3 is 1. The van der Waals surface area contributed by atoms with Gasteiger partial charge in [-0.05, 0) is 43.2 Å². The maximum atomic E-state index is 6.63. The van der Waals surface area contributed by atoms with Crippen LogP contribution in [0.15, 0.2) is 36.8 Å². The third kappa shape index (κ3) is 3.56. The standard InChI is InChI=1S/C23H23Cl2N3O5/c1-23(2)32-18-17(16-13-5-4-12(24)8-11(13)9-15(29-3)30-16)31-22(19(18)33-23)28-7-6-14-20(25)26-10-27-21(14)28/h4-8,10,15-19,22H,9H2,1-3H3/t15?,16-,17-,18-,19-,22-/m1/s1. The largest absolute Gasteiger partial charge is 0.356 e. The molecule has 0 spiro atoms. The molecule has 3 aliphatic rings. The van der Waals surface area contributed by atoms with Crippen LogP contribution in [0.25, 0.3) is 11.0 Å². The summed E-state index contributed by atoms with van der Waals surface area (Å²) in [6.45, 7) is 3.80. The molecule has 0 N–H and O–H groups in total. The van der Waals surface area contributed by atoms with Crippen molar-refractivity contribution in [1.82, 2.24) is 14.5 Å². The average molecular weight is 492 g/mol. The molecule has 3 aliphatic heterocycles. The van der Waals surface area contributed by atoms with Gasteiger partial charge in [0.05, 0.1) is 5.39 Å². The molecule has 6 atom stereocenters. The second-order valence-corrected chi connectivity index (χ2v) is 9.74. The van der Waals surface area contributed by atoms with Crippen molar-refractivity contribution in [2.75, 3.05) is 7.11 Å². The van der Waals surface area contributed by atoms with Crippen LogP contribution in [0, 0.1) is 0 Å². The fourth-order valence-corrected chi connectivity index (χ4v) is 5.49. The third-order valence-electron chi connectivity index (χ3n) is 6.46. The number of hydrogen-bond acceptors (Lipinski definition) is 7. The lowest BCUT2D eigenvalue weighted by atomic mass is 9.91. The Morgan fingerprint density at radius 3 is 2.70 bits per heavy atom. The fourth-order valence-electron chi connectivity index (χ4n) is 5.11. The molecule has 0 radical (unpaired) electrons. The smallest absolute Gasteiger partial charge is 0.164 e. The van der Waals surface area contributed by atoms with E-state index in [2.05, 4.69) is 9.97 Å². The topological polar surface area (TPSA) is 76.9 Å². The average Bonchev–Trinajstić information content (AvgIpc) is 3.44. The fraction of sp³-hybridized carbons (Fsp3) is 0.478. The summed E-state index contributed by atoms with van der Waals surface area (Å²) < 4.78 is 33.1. The summed E-state index contributed by atoms with van der Waals surface area (Å²) in [5.74, 6) is -0.774.